The van der Waals surface area contributed by atoms with Crippen LogP contribution < -0.4 is 0 Å². The molecule has 0 saturated heterocycles. The molecule has 0 saturated carbocycles. The van der Waals surface area contributed by atoms with Gasteiger partial charge in [-0.1, -0.05) is 69.2 Å². The van der Waals surface area contributed by atoms with E-state index >= 15 is 0 Å². The molecule has 0 fully saturated rings. The van der Waals surface area contributed by atoms with Crippen LogP contribution in [-0.2, 0) is 14.2 Å². The molecule has 4 heteroatoms. The molecule has 0 amide bonds. The summed E-state index contributed by atoms with van der Waals surface area (Å²) in [5.74, 6) is -1.01. The maximum absolute atomic E-state index is 6.10. The topological polar surface area (TPSA) is 27.7 Å². The number of benzene rings is 1. The quantitative estimate of drug-likeness (QED) is 0.242. The Labute approximate surface area is 165 Å². The van der Waals surface area contributed by atoms with Crippen molar-refractivity contribution in [1.29, 1.82) is 0 Å². The lowest BCUT2D eigenvalue weighted by molar-refractivity contribution is -0.389. The Kier molecular flexibility index (Phi) is 12.2. The number of rotatable bonds is 15. The molecule has 0 aliphatic carbocycles. The minimum atomic E-state index is -1.03. The van der Waals surface area contributed by atoms with E-state index in [1.54, 1.807) is 0 Å². The summed E-state index contributed by atoms with van der Waals surface area (Å²) in [7, 11) is 0. The summed E-state index contributed by atoms with van der Waals surface area (Å²) in [6.45, 7) is 9.82. The fourth-order valence-electron chi connectivity index (χ4n) is 3.40. The smallest absolute Gasteiger partial charge is 0.290 e. The molecule has 1 unspecified atom stereocenters. The molecule has 1 aromatic rings. The second-order valence-corrected chi connectivity index (χ2v) is 7.00. The van der Waals surface area contributed by atoms with Crippen LogP contribution in [0.5, 0.6) is 0 Å². The molecule has 0 spiro atoms. The Balaban J connectivity index is 2.96. The van der Waals surface area contributed by atoms with E-state index in [-0.39, 0.29) is 5.92 Å². The van der Waals surface area contributed by atoms with Crippen molar-refractivity contribution in [3.63, 3.8) is 0 Å². The fraction of sp³-hybridized carbons (Fsp3) is 0.727. The number of hydrogen-bond donors (Lipinski definition) is 0. The second-order valence-electron chi connectivity index (χ2n) is 6.56. The van der Waals surface area contributed by atoms with E-state index in [1.807, 2.05) is 32.9 Å². The molecule has 1 rings (SSSR count). The Morgan fingerprint density at radius 1 is 0.769 bits per heavy atom. The van der Waals surface area contributed by atoms with Gasteiger partial charge in [0.25, 0.3) is 5.97 Å². The second kappa shape index (κ2) is 13.5. The standard InChI is InChI=1S/C22H37ClO3/c1-5-9-10-11-12-13-14-21(19-15-17-20(23)18-16-19)22(24-6-2,25-7-3)26-8-4/h15-18,21H,5-14H2,1-4H3. The number of ether oxygens (including phenoxy) is 3. The van der Waals surface area contributed by atoms with E-state index in [0.717, 1.165) is 23.4 Å². The van der Waals surface area contributed by atoms with Crippen LogP contribution in [0.1, 0.15) is 84.1 Å². The predicted molar refractivity (Wildman–Crippen MR) is 110 cm³/mol. The zero-order valence-corrected chi connectivity index (χ0v) is 17.8. The van der Waals surface area contributed by atoms with E-state index in [2.05, 4.69) is 19.1 Å². The maximum Gasteiger partial charge on any atom is 0.290 e. The molecule has 0 aromatic heterocycles. The van der Waals surface area contributed by atoms with Crippen molar-refractivity contribution >= 4 is 11.6 Å². The molecular weight excluding hydrogens is 348 g/mol. The third-order valence-corrected chi connectivity index (χ3v) is 4.83. The summed E-state index contributed by atoms with van der Waals surface area (Å²) in [5.41, 5.74) is 1.15. The highest BCUT2D eigenvalue weighted by Gasteiger charge is 2.42. The van der Waals surface area contributed by atoms with Gasteiger partial charge in [0, 0.05) is 24.8 Å². The third kappa shape index (κ3) is 7.56. The van der Waals surface area contributed by atoms with Crippen LogP contribution in [0.2, 0.25) is 5.02 Å². The third-order valence-electron chi connectivity index (χ3n) is 4.58. The lowest BCUT2D eigenvalue weighted by atomic mass is 9.90. The van der Waals surface area contributed by atoms with Crippen molar-refractivity contribution in [1.82, 2.24) is 0 Å². The molecule has 0 N–H and O–H groups in total. The average molecular weight is 385 g/mol. The Morgan fingerprint density at radius 3 is 1.77 bits per heavy atom. The fourth-order valence-corrected chi connectivity index (χ4v) is 3.53. The summed E-state index contributed by atoms with van der Waals surface area (Å²) in [6, 6.07) is 7.99. The molecule has 1 atom stereocenters. The monoisotopic (exact) mass is 384 g/mol. The lowest BCUT2D eigenvalue weighted by Crippen LogP contribution is -2.45. The van der Waals surface area contributed by atoms with Gasteiger partial charge in [0.15, 0.2) is 0 Å². The van der Waals surface area contributed by atoms with Crippen LogP contribution in [0.15, 0.2) is 24.3 Å². The molecule has 3 nitrogen and oxygen atoms in total. The molecule has 26 heavy (non-hydrogen) atoms. The van der Waals surface area contributed by atoms with Gasteiger partial charge >= 0.3 is 0 Å². The SMILES string of the molecule is CCCCCCCCC(c1ccc(Cl)cc1)C(OCC)(OCC)OCC. The lowest BCUT2D eigenvalue weighted by Gasteiger charge is -2.39. The first kappa shape index (κ1) is 23.4. The summed E-state index contributed by atoms with van der Waals surface area (Å²) >= 11 is 6.10. The average Bonchev–Trinajstić information content (AvgIpc) is 2.63. The molecule has 0 aliphatic rings. The van der Waals surface area contributed by atoms with Gasteiger partial charge in [0.2, 0.25) is 0 Å². The molecular formula is C22H37ClO3. The van der Waals surface area contributed by atoms with Gasteiger partial charge in [-0.15, -0.1) is 0 Å². The van der Waals surface area contributed by atoms with Gasteiger partial charge in [-0.05, 0) is 44.9 Å². The van der Waals surface area contributed by atoms with Gasteiger partial charge in [0.05, 0.1) is 5.92 Å². The number of hydrogen-bond acceptors (Lipinski definition) is 3. The summed E-state index contributed by atoms with van der Waals surface area (Å²) in [6.07, 6.45) is 8.52. The first-order valence-electron chi connectivity index (χ1n) is 10.3. The highest BCUT2D eigenvalue weighted by Crippen LogP contribution is 2.38. The first-order valence-corrected chi connectivity index (χ1v) is 10.7. The van der Waals surface area contributed by atoms with Crippen molar-refractivity contribution in [2.24, 2.45) is 0 Å². The zero-order valence-electron chi connectivity index (χ0n) is 17.1. The Bertz CT molecular complexity index is 444. The van der Waals surface area contributed by atoms with Crippen LogP contribution in [-0.4, -0.2) is 25.8 Å². The van der Waals surface area contributed by atoms with E-state index < -0.39 is 5.97 Å². The number of halogens is 1. The summed E-state index contributed by atoms with van der Waals surface area (Å²) in [5, 5.41) is 0.738. The van der Waals surface area contributed by atoms with E-state index in [4.69, 9.17) is 25.8 Å². The van der Waals surface area contributed by atoms with Gasteiger partial charge in [-0.3, -0.25) is 0 Å². The van der Waals surface area contributed by atoms with Gasteiger partial charge in [-0.25, -0.2) is 0 Å². The zero-order chi connectivity index (χ0) is 19.3. The van der Waals surface area contributed by atoms with E-state index in [1.165, 1.54) is 32.1 Å². The highest BCUT2D eigenvalue weighted by molar-refractivity contribution is 6.30. The largest absolute Gasteiger partial charge is 0.327 e. The van der Waals surface area contributed by atoms with Crippen LogP contribution >= 0.6 is 11.6 Å². The van der Waals surface area contributed by atoms with Crippen molar-refractivity contribution < 1.29 is 14.2 Å². The van der Waals surface area contributed by atoms with Crippen molar-refractivity contribution in [2.45, 2.75) is 84.5 Å². The highest BCUT2D eigenvalue weighted by atomic mass is 35.5. The molecule has 0 bridgehead atoms. The molecule has 0 radical (unpaired) electrons. The van der Waals surface area contributed by atoms with E-state index in [0.29, 0.717) is 19.8 Å². The van der Waals surface area contributed by atoms with Crippen LogP contribution in [0.3, 0.4) is 0 Å². The van der Waals surface area contributed by atoms with Crippen LogP contribution in [0, 0.1) is 0 Å². The van der Waals surface area contributed by atoms with Crippen LogP contribution in [0.25, 0.3) is 0 Å². The van der Waals surface area contributed by atoms with Crippen molar-refractivity contribution in [3.8, 4) is 0 Å². The first-order chi connectivity index (χ1) is 12.6. The summed E-state index contributed by atoms with van der Waals surface area (Å²) < 4.78 is 18.2. The maximum atomic E-state index is 6.10. The Morgan fingerprint density at radius 2 is 1.27 bits per heavy atom. The molecule has 0 aliphatic heterocycles. The summed E-state index contributed by atoms with van der Waals surface area (Å²) in [4.78, 5) is 0. The van der Waals surface area contributed by atoms with Gasteiger partial charge in [0.1, 0.15) is 0 Å². The van der Waals surface area contributed by atoms with Gasteiger partial charge in [-0.2, -0.15) is 0 Å². The number of unbranched alkanes of at least 4 members (excludes halogenated alkanes) is 5. The minimum absolute atomic E-state index is 0.0193. The Hall–Kier alpha value is -0.610. The van der Waals surface area contributed by atoms with Crippen molar-refractivity contribution in [3.05, 3.63) is 34.9 Å². The molecule has 0 heterocycles. The predicted octanol–water partition coefficient (Wildman–Crippen LogP) is 6.94. The normalized spacial score (nSPS) is 13.1. The van der Waals surface area contributed by atoms with Crippen molar-refractivity contribution in [2.75, 3.05) is 19.8 Å². The van der Waals surface area contributed by atoms with Crippen LogP contribution in [0.4, 0.5) is 0 Å². The minimum Gasteiger partial charge on any atom is -0.327 e. The van der Waals surface area contributed by atoms with E-state index in [9.17, 15) is 0 Å². The molecule has 150 valence electrons. The molecule has 1 aromatic carbocycles. The van der Waals surface area contributed by atoms with Gasteiger partial charge < -0.3 is 14.2 Å².